The highest BCUT2D eigenvalue weighted by Gasteiger charge is 2.13. The van der Waals surface area contributed by atoms with Gasteiger partial charge in [-0.25, -0.2) is 9.37 Å². The summed E-state index contributed by atoms with van der Waals surface area (Å²) in [5.41, 5.74) is 5.77. The van der Waals surface area contributed by atoms with E-state index >= 15 is 0 Å². The fraction of sp³-hybridized carbons (Fsp3) is 0.0400. The van der Waals surface area contributed by atoms with E-state index in [4.69, 9.17) is 9.40 Å². The summed E-state index contributed by atoms with van der Waals surface area (Å²) in [4.78, 5) is 4.70. The number of hydrogen-bond donors (Lipinski definition) is 0. The molecule has 0 spiro atoms. The minimum Gasteiger partial charge on any atom is -1.00 e. The van der Waals surface area contributed by atoms with Crippen molar-refractivity contribution in [1.82, 2.24) is 4.98 Å². The highest BCUT2D eigenvalue weighted by atomic mass is 79.9. The molecule has 5 heteroatoms. The molecule has 5 aromatic rings. The lowest BCUT2D eigenvalue weighted by Gasteiger charge is -1.99. The average Bonchev–Trinajstić information content (AvgIpc) is 3.20. The lowest BCUT2D eigenvalue weighted by atomic mass is 10.1. The molecule has 3 aromatic carbocycles. The van der Waals surface area contributed by atoms with Gasteiger partial charge in [-0.3, -0.25) is 0 Å². The largest absolute Gasteiger partial charge is 1.00 e. The number of oxazole rings is 1. The summed E-state index contributed by atoms with van der Waals surface area (Å²) in [6.07, 6.45) is 3.97. The number of nitrogens with zero attached hydrogens (tertiary/aromatic N) is 2. The van der Waals surface area contributed by atoms with Crippen molar-refractivity contribution >= 4 is 11.1 Å². The van der Waals surface area contributed by atoms with Crippen LogP contribution in [0.5, 0.6) is 0 Å². The molecule has 0 fully saturated rings. The molecule has 30 heavy (non-hydrogen) atoms. The summed E-state index contributed by atoms with van der Waals surface area (Å²) in [6, 6.07) is 26.8. The summed E-state index contributed by atoms with van der Waals surface area (Å²) in [7, 11) is 0. The molecule has 0 aliphatic rings. The second-order valence-corrected chi connectivity index (χ2v) is 6.96. The van der Waals surface area contributed by atoms with Crippen molar-refractivity contribution in [2.45, 2.75) is 6.54 Å². The van der Waals surface area contributed by atoms with Crippen molar-refractivity contribution in [3.05, 3.63) is 109 Å². The van der Waals surface area contributed by atoms with Crippen LogP contribution in [0.2, 0.25) is 0 Å². The van der Waals surface area contributed by atoms with Crippen molar-refractivity contribution in [3.8, 4) is 22.6 Å². The number of benzene rings is 3. The number of aromatic nitrogens is 2. The van der Waals surface area contributed by atoms with E-state index in [1.165, 1.54) is 12.1 Å². The molecule has 0 saturated carbocycles. The van der Waals surface area contributed by atoms with Crippen LogP contribution in [0, 0.1) is 5.82 Å². The van der Waals surface area contributed by atoms with Crippen LogP contribution in [0.3, 0.4) is 0 Å². The van der Waals surface area contributed by atoms with E-state index in [0.29, 0.717) is 12.4 Å². The van der Waals surface area contributed by atoms with Crippen molar-refractivity contribution in [2.75, 3.05) is 0 Å². The van der Waals surface area contributed by atoms with Gasteiger partial charge >= 0.3 is 0 Å². The van der Waals surface area contributed by atoms with Gasteiger partial charge < -0.3 is 21.4 Å². The molecule has 3 nitrogen and oxygen atoms in total. The maximum Gasteiger partial charge on any atom is 0.233 e. The predicted molar refractivity (Wildman–Crippen MR) is 111 cm³/mol. The molecule has 0 atom stereocenters. The number of halogens is 2. The predicted octanol–water partition coefficient (Wildman–Crippen LogP) is 2.64. The molecule has 0 aliphatic heterocycles. The first-order valence-electron chi connectivity index (χ1n) is 9.44. The van der Waals surface area contributed by atoms with Gasteiger partial charge in [-0.1, -0.05) is 36.4 Å². The second kappa shape index (κ2) is 8.59. The van der Waals surface area contributed by atoms with Crippen molar-refractivity contribution in [2.24, 2.45) is 0 Å². The first kappa shape index (κ1) is 20.0. The van der Waals surface area contributed by atoms with Gasteiger partial charge in [-0.05, 0) is 53.6 Å². The third-order valence-corrected chi connectivity index (χ3v) is 4.88. The quantitative estimate of drug-likeness (QED) is 0.386. The summed E-state index contributed by atoms with van der Waals surface area (Å²) in [5.74, 6) is 0.354. The van der Waals surface area contributed by atoms with Crippen LogP contribution in [0.15, 0.2) is 102 Å². The zero-order valence-electron chi connectivity index (χ0n) is 16.0. The minimum absolute atomic E-state index is 0. The molecule has 148 valence electrons. The second-order valence-electron chi connectivity index (χ2n) is 6.96. The normalized spacial score (nSPS) is 10.7. The van der Waals surface area contributed by atoms with Gasteiger partial charge in [0.1, 0.15) is 16.9 Å². The Morgan fingerprint density at radius 1 is 0.800 bits per heavy atom. The molecular weight excluding hydrogens is 443 g/mol. The van der Waals surface area contributed by atoms with Gasteiger partial charge in [0.15, 0.2) is 24.5 Å². The maximum atomic E-state index is 13.1. The lowest BCUT2D eigenvalue weighted by molar-refractivity contribution is -0.687. The smallest absolute Gasteiger partial charge is 0.233 e. The van der Waals surface area contributed by atoms with Crippen molar-refractivity contribution in [3.63, 3.8) is 0 Å². The highest BCUT2D eigenvalue weighted by molar-refractivity contribution is 5.82. The summed E-state index contributed by atoms with van der Waals surface area (Å²) < 4.78 is 21.1. The zero-order valence-corrected chi connectivity index (χ0v) is 17.6. The Morgan fingerprint density at radius 2 is 1.57 bits per heavy atom. The standard InChI is InChI=1S/C25H18FN2O.BrH/c26-22-11-8-18(9-12-22)16-28-14-4-7-21(17-28)25-27-23-15-20(10-13-24(23)29-25)19-5-2-1-3-6-19;/h1-15,17H,16H2;1H/q+1;/p-1. The van der Waals surface area contributed by atoms with Gasteiger partial charge in [0.25, 0.3) is 0 Å². The number of rotatable bonds is 4. The van der Waals surface area contributed by atoms with Crippen molar-refractivity contribution in [1.29, 1.82) is 0 Å². The number of hydrogen-bond acceptors (Lipinski definition) is 2. The van der Waals surface area contributed by atoms with E-state index in [1.807, 2.05) is 65.5 Å². The number of pyridine rings is 1. The Morgan fingerprint density at radius 3 is 2.37 bits per heavy atom. The lowest BCUT2D eigenvalue weighted by Crippen LogP contribution is -3.00. The van der Waals surface area contributed by atoms with Crippen LogP contribution in [0.25, 0.3) is 33.7 Å². The topological polar surface area (TPSA) is 29.9 Å². The maximum absolute atomic E-state index is 13.1. The first-order chi connectivity index (χ1) is 14.2. The monoisotopic (exact) mass is 460 g/mol. The molecule has 0 bridgehead atoms. The SMILES string of the molecule is Fc1ccc(C[n+]2cccc(-c3nc4cc(-c5ccccc5)ccc4o3)c2)cc1.[Br-]. The van der Waals surface area contributed by atoms with E-state index in [-0.39, 0.29) is 22.8 Å². The first-order valence-corrected chi connectivity index (χ1v) is 9.44. The zero-order chi connectivity index (χ0) is 19.6. The fourth-order valence-corrected chi connectivity index (χ4v) is 3.41. The Labute approximate surface area is 184 Å². The van der Waals surface area contributed by atoms with Crippen LogP contribution >= 0.6 is 0 Å². The molecule has 0 saturated heterocycles. The molecule has 0 N–H and O–H groups in total. The van der Waals surface area contributed by atoms with Crippen molar-refractivity contribution < 1.29 is 30.4 Å². The molecule has 2 aromatic heterocycles. The Bertz CT molecular complexity index is 1280. The van der Waals surface area contributed by atoms with Crippen LogP contribution in [0.4, 0.5) is 4.39 Å². The molecule has 0 amide bonds. The van der Waals surface area contributed by atoms with Gasteiger partial charge in [0.05, 0.1) is 0 Å². The van der Waals surface area contributed by atoms with Crippen LogP contribution in [-0.2, 0) is 6.54 Å². The summed E-state index contributed by atoms with van der Waals surface area (Å²) >= 11 is 0. The molecule has 0 aliphatic carbocycles. The third-order valence-electron chi connectivity index (χ3n) is 4.88. The van der Waals surface area contributed by atoms with Crippen LogP contribution in [0.1, 0.15) is 5.56 Å². The van der Waals surface area contributed by atoms with Crippen LogP contribution in [-0.4, -0.2) is 4.98 Å². The Kier molecular flexibility index (Phi) is 5.72. The van der Waals surface area contributed by atoms with E-state index in [2.05, 4.69) is 12.1 Å². The number of fused-ring (bicyclic) bond motifs is 1. The third kappa shape index (κ3) is 4.16. The average molecular weight is 461 g/mol. The van der Waals surface area contributed by atoms with Gasteiger partial charge in [0.2, 0.25) is 5.89 Å². The van der Waals surface area contributed by atoms with Gasteiger partial charge in [0, 0.05) is 11.6 Å². The van der Waals surface area contributed by atoms with Crippen LogP contribution < -0.4 is 21.5 Å². The molecule has 5 rings (SSSR count). The van der Waals surface area contributed by atoms with Gasteiger partial charge in [-0.2, -0.15) is 4.57 Å². The van der Waals surface area contributed by atoms with E-state index in [1.54, 1.807) is 12.1 Å². The highest BCUT2D eigenvalue weighted by Crippen LogP contribution is 2.27. The fourth-order valence-electron chi connectivity index (χ4n) is 3.41. The summed E-state index contributed by atoms with van der Waals surface area (Å²) in [5, 5.41) is 0. The Hall–Kier alpha value is -3.31. The van der Waals surface area contributed by atoms with E-state index in [0.717, 1.165) is 33.4 Å². The molecule has 2 heterocycles. The summed E-state index contributed by atoms with van der Waals surface area (Å²) in [6.45, 7) is 0.645. The molecule has 0 unspecified atom stereocenters. The minimum atomic E-state index is -0.228. The van der Waals surface area contributed by atoms with Gasteiger partial charge in [-0.15, -0.1) is 0 Å². The molecule has 0 radical (unpaired) electrons. The Balaban J connectivity index is 0.00000218. The van der Waals surface area contributed by atoms with E-state index in [9.17, 15) is 4.39 Å². The molecular formula is C25H18BrFN2O. The van der Waals surface area contributed by atoms with E-state index < -0.39 is 0 Å².